The van der Waals surface area contributed by atoms with Crippen molar-refractivity contribution >= 4 is 15.7 Å². The van der Waals surface area contributed by atoms with Gasteiger partial charge in [-0.05, 0) is 44.1 Å². The number of sulfonamides is 1. The van der Waals surface area contributed by atoms with Crippen molar-refractivity contribution in [2.75, 3.05) is 25.9 Å². The Morgan fingerprint density at radius 1 is 1.45 bits per heavy atom. The normalized spacial score (nSPS) is 24.8. The second-order valence-corrected chi connectivity index (χ2v) is 7.13. The molecule has 3 N–H and O–H groups in total. The molecule has 1 saturated heterocycles. The number of nitrogen functional groups attached to an aromatic ring is 1. The Labute approximate surface area is 119 Å². The van der Waals surface area contributed by atoms with E-state index in [-0.39, 0.29) is 22.5 Å². The van der Waals surface area contributed by atoms with E-state index in [4.69, 9.17) is 5.73 Å². The first-order chi connectivity index (χ1) is 9.29. The van der Waals surface area contributed by atoms with E-state index in [1.807, 2.05) is 14.0 Å². The maximum atomic E-state index is 13.7. The molecule has 1 aromatic rings. The monoisotopic (exact) mass is 301 g/mol. The zero-order chi connectivity index (χ0) is 14.9. The van der Waals surface area contributed by atoms with Crippen LogP contribution in [0.15, 0.2) is 23.1 Å². The number of likely N-dealkylation sites (tertiary alicyclic amines) is 1. The van der Waals surface area contributed by atoms with Gasteiger partial charge in [0.1, 0.15) is 10.7 Å². The number of anilines is 1. The van der Waals surface area contributed by atoms with Gasteiger partial charge in [-0.25, -0.2) is 17.5 Å². The van der Waals surface area contributed by atoms with Crippen molar-refractivity contribution < 1.29 is 12.8 Å². The van der Waals surface area contributed by atoms with Crippen LogP contribution < -0.4 is 10.5 Å². The molecule has 0 bridgehead atoms. The molecule has 1 aliphatic heterocycles. The molecule has 1 aliphatic rings. The third-order valence-corrected chi connectivity index (χ3v) is 5.16. The van der Waals surface area contributed by atoms with Gasteiger partial charge in [0, 0.05) is 18.3 Å². The van der Waals surface area contributed by atoms with Crippen LogP contribution in [0.1, 0.15) is 13.3 Å². The van der Waals surface area contributed by atoms with Gasteiger partial charge in [0.05, 0.1) is 0 Å². The third-order valence-electron chi connectivity index (χ3n) is 3.66. The summed E-state index contributed by atoms with van der Waals surface area (Å²) in [6.45, 7) is 3.61. The molecule has 1 aromatic carbocycles. The van der Waals surface area contributed by atoms with Crippen LogP contribution in [0.5, 0.6) is 0 Å². The average Bonchev–Trinajstić information content (AvgIpc) is 2.35. The minimum atomic E-state index is -3.89. The molecule has 5 nitrogen and oxygen atoms in total. The maximum Gasteiger partial charge on any atom is 0.243 e. The summed E-state index contributed by atoms with van der Waals surface area (Å²) >= 11 is 0. The smallest absolute Gasteiger partial charge is 0.243 e. The fraction of sp³-hybridized carbons (Fsp3) is 0.538. The van der Waals surface area contributed by atoms with Crippen molar-refractivity contribution in [1.29, 1.82) is 0 Å². The first kappa shape index (κ1) is 15.2. The van der Waals surface area contributed by atoms with Crippen molar-refractivity contribution in [1.82, 2.24) is 9.62 Å². The molecule has 2 unspecified atom stereocenters. The Morgan fingerprint density at radius 2 is 2.15 bits per heavy atom. The van der Waals surface area contributed by atoms with Gasteiger partial charge in [-0.2, -0.15) is 0 Å². The molecule has 0 spiro atoms. The van der Waals surface area contributed by atoms with Crippen LogP contribution in [-0.2, 0) is 10.0 Å². The van der Waals surface area contributed by atoms with Gasteiger partial charge in [-0.3, -0.25) is 0 Å². The zero-order valence-corrected chi connectivity index (χ0v) is 12.5. The van der Waals surface area contributed by atoms with E-state index in [0.717, 1.165) is 25.2 Å². The third kappa shape index (κ3) is 3.28. The Kier molecular flexibility index (Phi) is 4.31. The molecule has 20 heavy (non-hydrogen) atoms. The maximum absolute atomic E-state index is 13.7. The van der Waals surface area contributed by atoms with Gasteiger partial charge in [0.2, 0.25) is 10.0 Å². The Balaban J connectivity index is 2.21. The summed E-state index contributed by atoms with van der Waals surface area (Å²) in [4.78, 5) is 1.76. The summed E-state index contributed by atoms with van der Waals surface area (Å²) in [5.74, 6) is -0.611. The predicted octanol–water partition coefficient (Wildman–Crippen LogP) is 1.03. The molecule has 0 saturated carbocycles. The molecule has 0 amide bonds. The topological polar surface area (TPSA) is 75.4 Å². The summed E-state index contributed by atoms with van der Waals surface area (Å²) in [7, 11) is -1.89. The highest BCUT2D eigenvalue weighted by atomic mass is 32.2. The van der Waals surface area contributed by atoms with Crippen molar-refractivity contribution in [2.45, 2.75) is 24.3 Å². The second-order valence-electron chi connectivity index (χ2n) is 5.45. The first-order valence-electron chi connectivity index (χ1n) is 6.55. The lowest BCUT2D eigenvalue weighted by Gasteiger charge is -2.34. The molecule has 0 radical (unpaired) electrons. The van der Waals surface area contributed by atoms with Crippen LogP contribution in [0.3, 0.4) is 0 Å². The number of rotatable bonds is 3. The lowest BCUT2D eigenvalue weighted by Crippen LogP contribution is -2.48. The van der Waals surface area contributed by atoms with Gasteiger partial charge < -0.3 is 10.6 Å². The molecule has 1 heterocycles. The molecular weight excluding hydrogens is 281 g/mol. The van der Waals surface area contributed by atoms with E-state index >= 15 is 0 Å². The van der Waals surface area contributed by atoms with E-state index in [9.17, 15) is 12.8 Å². The Hall–Kier alpha value is -1.18. The van der Waals surface area contributed by atoms with Gasteiger partial charge in [0.15, 0.2) is 0 Å². The average molecular weight is 301 g/mol. The quantitative estimate of drug-likeness (QED) is 0.818. The van der Waals surface area contributed by atoms with Crippen LogP contribution in [0.25, 0.3) is 0 Å². The number of nitrogens with two attached hydrogens (primary N) is 1. The van der Waals surface area contributed by atoms with E-state index in [2.05, 4.69) is 9.62 Å². The summed E-state index contributed by atoms with van der Waals surface area (Å²) < 4.78 is 40.9. The molecule has 0 aromatic heterocycles. The lowest BCUT2D eigenvalue weighted by molar-refractivity contribution is 0.188. The highest BCUT2D eigenvalue weighted by molar-refractivity contribution is 7.89. The molecule has 112 valence electrons. The lowest BCUT2D eigenvalue weighted by atomic mass is 9.95. The van der Waals surface area contributed by atoms with Crippen molar-refractivity contribution in [3.63, 3.8) is 0 Å². The Morgan fingerprint density at radius 3 is 2.80 bits per heavy atom. The molecule has 2 atom stereocenters. The summed E-state index contributed by atoms with van der Waals surface area (Å²) in [5.41, 5.74) is 5.76. The number of nitrogens with zero attached hydrogens (tertiary/aromatic N) is 1. The van der Waals surface area contributed by atoms with E-state index < -0.39 is 15.8 Å². The van der Waals surface area contributed by atoms with Crippen LogP contribution >= 0.6 is 0 Å². The largest absolute Gasteiger partial charge is 0.399 e. The molecule has 7 heteroatoms. The summed E-state index contributed by atoms with van der Waals surface area (Å²) in [6, 6.07) is 3.38. The number of halogens is 1. The second kappa shape index (κ2) is 5.67. The predicted molar refractivity (Wildman–Crippen MR) is 76.2 cm³/mol. The van der Waals surface area contributed by atoms with Crippen molar-refractivity contribution in [3.05, 3.63) is 24.0 Å². The van der Waals surface area contributed by atoms with E-state index in [1.165, 1.54) is 6.07 Å². The molecule has 2 rings (SSSR count). The molecular formula is C13H20FN3O2S. The molecule has 0 aliphatic carbocycles. The summed E-state index contributed by atoms with van der Waals surface area (Å²) in [6.07, 6.45) is 0.709. The first-order valence-corrected chi connectivity index (χ1v) is 8.04. The number of benzene rings is 1. The highest BCUT2D eigenvalue weighted by Crippen LogP contribution is 2.21. The van der Waals surface area contributed by atoms with Crippen LogP contribution in [0, 0.1) is 11.7 Å². The highest BCUT2D eigenvalue weighted by Gasteiger charge is 2.30. The number of nitrogens with one attached hydrogen (secondary N) is 1. The minimum Gasteiger partial charge on any atom is -0.399 e. The fourth-order valence-corrected chi connectivity index (χ4v) is 4.01. The van der Waals surface area contributed by atoms with Crippen molar-refractivity contribution in [2.24, 2.45) is 5.92 Å². The van der Waals surface area contributed by atoms with Gasteiger partial charge in [-0.15, -0.1) is 0 Å². The van der Waals surface area contributed by atoms with Crippen LogP contribution in [-0.4, -0.2) is 39.5 Å². The van der Waals surface area contributed by atoms with E-state index in [0.29, 0.717) is 6.42 Å². The van der Waals surface area contributed by atoms with Gasteiger partial charge in [0.25, 0.3) is 0 Å². The van der Waals surface area contributed by atoms with E-state index in [1.54, 1.807) is 0 Å². The minimum absolute atomic E-state index is 0.174. The fourth-order valence-electron chi connectivity index (χ4n) is 2.52. The standard InChI is InChI=1S/C13H20FN3O2S/c1-9-8-17(2)6-5-12(9)16-20(18,19)13-7-10(15)3-4-11(13)14/h3-4,7,9,12,16H,5-6,8,15H2,1-2H3. The van der Waals surface area contributed by atoms with Gasteiger partial charge in [-0.1, -0.05) is 6.92 Å². The number of hydrogen-bond donors (Lipinski definition) is 2. The van der Waals surface area contributed by atoms with Crippen LogP contribution in [0.2, 0.25) is 0 Å². The Bertz CT molecular complexity index is 591. The van der Waals surface area contributed by atoms with Gasteiger partial charge >= 0.3 is 0 Å². The number of piperidine rings is 1. The van der Waals surface area contributed by atoms with Crippen molar-refractivity contribution in [3.8, 4) is 0 Å². The zero-order valence-electron chi connectivity index (χ0n) is 11.6. The number of hydrogen-bond acceptors (Lipinski definition) is 4. The SMILES string of the molecule is CC1CN(C)CCC1NS(=O)(=O)c1cc(N)ccc1F. The summed E-state index contributed by atoms with van der Waals surface area (Å²) in [5, 5.41) is 0. The van der Waals surface area contributed by atoms with Crippen LogP contribution in [0.4, 0.5) is 10.1 Å². The molecule has 1 fully saturated rings.